The SMILES string of the molecule is CCOc1ccc(C(Nc2ccc(Cl)cc2)C(=O)O)cc1. The van der Waals surface area contributed by atoms with Crippen LogP contribution in [0.15, 0.2) is 48.5 Å². The number of hydrogen-bond acceptors (Lipinski definition) is 3. The molecule has 2 aromatic carbocycles. The zero-order chi connectivity index (χ0) is 15.2. The molecule has 0 amide bonds. The van der Waals surface area contributed by atoms with Gasteiger partial charge < -0.3 is 15.2 Å². The molecule has 0 spiro atoms. The van der Waals surface area contributed by atoms with Gasteiger partial charge in [-0.25, -0.2) is 4.79 Å². The number of carboxylic acid groups (broad SMARTS) is 1. The van der Waals surface area contributed by atoms with E-state index < -0.39 is 12.0 Å². The van der Waals surface area contributed by atoms with E-state index in [9.17, 15) is 9.90 Å². The fourth-order valence-corrected chi connectivity index (χ4v) is 2.05. The van der Waals surface area contributed by atoms with Crippen molar-refractivity contribution in [1.82, 2.24) is 0 Å². The largest absolute Gasteiger partial charge is 0.494 e. The van der Waals surface area contributed by atoms with E-state index in [0.717, 1.165) is 5.75 Å². The van der Waals surface area contributed by atoms with Crippen molar-refractivity contribution in [2.75, 3.05) is 11.9 Å². The highest BCUT2D eigenvalue weighted by Crippen LogP contribution is 2.23. The number of carbonyl (C=O) groups is 1. The number of halogens is 1. The minimum atomic E-state index is -0.950. The van der Waals surface area contributed by atoms with Gasteiger partial charge in [-0.1, -0.05) is 23.7 Å². The minimum absolute atomic E-state index is 0.574. The summed E-state index contributed by atoms with van der Waals surface area (Å²) >= 11 is 5.82. The third-order valence-corrected chi connectivity index (χ3v) is 3.18. The molecule has 0 bridgehead atoms. The van der Waals surface area contributed by atoms with Gasteiger partial charge in [-0.2, -0.15) is 0 Å². The van der Waals surface area contributed by atoms with E-state index in [-0.39, 0.29) is 0 Å². The van der Waals surface area contributed by atoms with E-state index >= 15 is 0 Å². The monoisotopic (exact) mass is 305 g/mol. The molecule has 1 atom stereocenters. The molecule has 0 heterocycles. The second-order valence-electron chi connectivity index (χ2n) is 4.42. The number of carboxylic acids is 1. The summed E-state index contributed by atoms with van der Waals surface area (Å²) in [6, 6.07) is 13.1. The van der Waals surface area contributed by atoms with E-state index in [4.69, 9.17) is 16.3 Å². The van der Waals surface area contributed by atoms with Crippen LogP contribution in [0.3, 0.4) is 0 Å². The van der Waals surface area contributed by atoms with Crippen molar-refractivity contribution in [2.24, 2.45) is 0 Å². The molecule has 2 N–H and O–H groups in total. The molecule has 5 heteroatoms. The van der Waals surface area contributed by atoms with Crippen LogP contribution in [0.5, 0.6) is 5.75 Å². The summed E-state index contributed by atoms with van der Waals surface area (Å²) < 4.78 is 5.35. The smallest absolute Gasteiger partial charge is 0.330 e. The predicted octanol–water partition coefficient (Wildman–Crippen LogP) is 3.98. The fraction of sp³-hybridized carbons (Fsp3) is 0.188. The van der Waals surface area contributed by atoms with Crippen molar-refractivity contribution in [3.8, 4) is 5.75 Å². The van der Waals surface area contributed by atoms with Crippen LogP contribution in [0.4, 0.5) is 5.69 Å². The van der Waals surface area contributed by atoms with Gasteiger partial charge in [-0.3, -0.25) is 0 Å². The van der Waals surface area contributed by atoms with Crippen molar-refractivity contribution in [1.29, 1.82) is 0 Å². The molecular weight excluding hydrogens is 290 g/mol. The fourth-order valence-electron chi connectivity index (χ4n) is 1.92. The van der Waals surface area contributed by atoms with Crippen LogP contribution in [0.25, 0.3) is 0 Å². The third kappa shape index (κ3) is 4.13. The lowest BCUT2D eigenvalue weighted by atomic mass is 10.1. The van der Waals surface area contributed by atoms with Crippen molar-refractivity contribution < 1.29 is 14.6 Å². The van der Waals surface area contributed by atoms with E-state index in [1.54, 1.807) is 48.5 Å². The summed E-state index contributed by atoms with van der Waals surface area (Å²) in [7, 11) is 0. The minimum Gasteiger partial charge on any atom is -0.494 e. The molecule has 2 aromatic rings. The summed E-state index contributed by atoms with van der Waals surface area (Å²) in [5.41, 5.74) is 1.35. The van der Waals surface area contributed by atoms with Gasteiger partial charge in [-0.15, -0.1) is 0 Å². The molecule has 0 aliphatic heterocycles. The lowest BCUT2D eigenvalue weighted by Crippen LogP contribution is -2.20. The summed E-state index contributed by atoms with van der Waals surface area (Å²) in [4.78, 5) is 11.5. The van der Waals surface area contributed by atoms with Crippen LogP contribution >= 0.6 is 11.6 Å². The first-order valence-corrected chi connectivity index (χ1v) is 6.95. The number of ether oxygens (including phenoxy) is 1. The molecular formula is C16H16ClNO3. The highest BCUT2D eigenvalue weighted by molar-refractivity contribution is 6.30. The molecule has 0 aromatic heterocycles. The zero-order valence-corrected chi connectivity index (χ0v) is 12.3. The summed E-state index contributed by atoms with van der Waals surface area (Å²) in [6.45, 7) is 2.47. The maximum absolute atomic E-state index is 11.5. The highest BCUT2D eigenvalue weighted by atomic mass is 35.5. The molecule has 2 rings (SSSR count). The van der Waals surface area contributed by atoms with Gasteiger partial charge in [0, 0.05) is 10.7 Å². The Morgan fingerprint density at radius 2 is 1.81 bits per heavy atom. The van der Waals surface area contributed by atoms with Gasteiger partial charge in [0.1, 0.15) is 5.75 Å². The Balaban J connectivity index is 2.18. The van der Waals surface area contributed by atoms with Gasteiger partial charge in [-0.05, 0) is 48.9 Å². The van der Waals surface area contributed by atoms with Gasteiger partial charge in [0.15, 0.2) is 6.04 Å². The first kappa shape index (κ1) is 15.2. The lowest BCUT2D eigenvalue weighted by molar-refractivity contribution is -0.138. The molecule has 1 unspecified atom stereocenters. The van der Waals surface area contributed by atoms with E-state index in [0.29, 0.717) is 22.9 Å². The van der Waals surface area contributed by atoms with Crippen molar-refractivity contribution in [3.05, 3.63) is 59.1 Å². The Labute approximate surface area is 128 Å². The molecule has 4 nitrogen and oxygen atoms in total. The summed E-state index contributed by atoms with van der Waals surface area (Å²) in [5, 5.41) is 13.0. The van der Waals surface area contributed by atoms with Gasteiger partial charge in [0.05, 0.1) is 6.61 Å². The first-order valence-electron chi connectivity index (χ1n) is 6.58. The quantitative estimate of drug-likeness (QED) is 0.847. The normalized spacial score (nSPS) is 11.7. The molecule has 0 saturated heterocycles. The summed E-state index contributed by atoms with van der Waals surface area (Å²) in [6.07, 6.45) is 0. The topological polar surface area (TPSA) is 58.6 Å². The zero-order valence-electron chi connectivity index (χ0n) is 11.5. The maximum atomic E-state index is 11.5. The van der Waals surface area contributed by atoms with Gasteiger partial charge in [0.2, 0.25) is 0 Å². The molecule has 0 radical (unpaired) electrons. The Hall–Kier alpha value is -2.20. The van der Waals surface area contributed by atoms with Crippen LogP contribution in [0.2, 0.25) is 5.02 Å². The Morgan fingerprint density at radius 1 is 1.19 bits per heavy atom. The number of aliphatic carboxylic acids is 1. The average molecular weight is 306 g/mol. The second-order valence-corrected chi connectivity index (χ2v) is 4.86. The van der Waals surface area contributed by atoms with Crippen LogP contribution < -0.4 is 10.1 Å². The number of nitrogens with one attached hydrogen (secondary N) is 1. The highest BCUT2D eigenvalue weighted by Gasteiger charge is 2.19. The number of hydrogen-bond donors (Lipinski definition) is 2. The first-order chi connectivity index (χ1) is 10.1. The molecule has 0 fully saturated rings. The van der Waals surface area contributed by atoms with E-state index in [1.165, 1.54) is 0 Å². The second kappa shape index (κ2) is 6.99. The standard InChI is InChI=1S/C16H16ClNO3/c1-2-21-14-9-3-11(4-10-14)15(16(19)20)18-13-7-5-12(17)6-8-13/h3-10,15,18H,2H2,1H3,(H,19,20). The van der Waals surface area contributed by atoms with Crippen molar-refractivity contribution in [3.63, 3.8) is 0 Å². The molecule has 21 heavy (non-hydrogen) atoms. The Bertz CT molecular complexity index is 596. The van der Waals surface area contributed by atoms with Gasteiger partial charge >= 0.3 is 5.97 Å². The predicted molar refractivity (Wildman–Crippen MR) is 83.1 cm³/mol. The average Bonchev–Trinajstić information content (AvgIpc) is 2.48. The van der Waals surface area contributed by atoms with Crippen molar-refractivity contribution >= 4 is 23.3 Å². The van der Waals surface area contributed by atoms with Crippen LogP contribution in [0.1, 0.15) is 18.5 Å². The Kier molecular flexibility index (Phi) is 5.06. The lowest BCUT2D eigenvalue weighted by Gasteiger charge is -2.16. The summed E-state index contributed by atoms with van der Waals surface area (Å²) in [5.74, 6) is -0.231. The molecule has 110 valence electrons. The van der Waals surface area contributed by atoms with Crippen LogP contribution in [-0.2, 0) is 4.79 Å². The van der Waals surface area contributed by atoms with Gasteiger partial charge in [0.25, 0.3) is 0 Å². The van der Waals surface area contributed by atoms with Crippen molar-refractivity contribution in [2.45, 2.75) is 13.0 Å². The Morgan fingerprint density at radius 3 is 2.33 bits per heavy atom. The number of anilines is 1. The molecule has 0 aliphatic carbocycles. The van der Waals surface area contributed by atoms with E-state index in [2.05, 4.69) is 5.32 Å². The van der Waals surface area contributed by atoms with E-state index in [1.807, 2.05) is 6.92 Å². The van der Waals surface area contributed by atoms with Crippen LogP contribution in [-0.4, -0.2) is 17.7 Å². The number of rotatable bonds is 6. The third-order valence-electron chi connectivity index (χ3n) is 2.93. The van der Waals surface area contributed by atoms with Crippen LogP contribution in [0, 0.1) is 0 Å². The molecule has 0 aliphatic rings. The molecule has 0 saturated carbocycles. The maximum Gasteiger partial charge on any atom is 0.330 e. The number of benzene rings is 2.